The molecule has 0 N–H and O–H groups in total. The molecule has 0 saturated carbocycles. The van der Waals surface area contributed by atoms with Crippen LogP contribution in [-0.4, -0.2) is 15.6 Å². The maximum absolute atomic E-state index is 12.9. The summed E-state index contributed by atoms with van der Waals surface area (Å²) >= 11 is 0. The summed E-state index contributed by atoms with van der Waals surface area (Å²) in [5.74, 6) is 0. The summed E-state index contributed by atoms with van der Waals surface area (Å²) in [4.78, 5) is 29.7. The van der Waals surface area contributed by atoms with Gasteiger partial charge in [-0.05, 0) is 31.2 Å². The molecule has 6 heteroatoms. The van der Waals surface area contributed by atoms with Crippen molar-refractivity contribution in [2.75, 3.05) is 0 Å². The SMILES string of the molecule is Cc1c(N=Cc2coc3ccccc3c2=O)c(=O)n(-c2ccccc2)n1C. The highest BCUT2D eigenvalue weighted by atomic mass is 16.3. The Hall–Kier alpha value is -3.67. The van der Waals surface area contributed by atoms with Gasteiger partial charge in [0.15, 0.2) is 5.69 Å². The van der Waals surface area contributed by atoms with Gasteiger partial charge in [-0.1, -0.05) is 30.3 Å². The second-order valence-electron chi connectivity index (χ2n) is 6.18. The Morgan fingerprint density at radius 1 is 1.00 bits per heavy atom. The molecule has 6 nitrogen and oxygen atoms in total. The van der Waals surface area contributed by atoms with Gasteiger partial charge in [0.05, 0.1) is 22.3 Å². The Kier molecular flexibility index (Phi) is 4.08. The number of fused-ring (bicyclic) bond motifs is 1. The minimum atomic E-state index is -0.248. The maximum Gasteiger partial charge on any atom is 0.297 e. The molecular weight excluding hydrogens is 342 g/mol. The number of aromatic nitrogens is 2. The summed E-state index contributed by atoms with van der Waals surface area (Å²) in [5, 5.41) is 0.480. The second kappa shape index (κ2) is 6.57. The van der Waals surface area contributed by atoms with Crippen LogP contribution in [0, 0.1) is 6.92 Å². The van der Waals surface area contributed by atoms with Crippen molar-refractivity contribution >= 4 is 22.9 Å². The van der Waals surface area contributed by atoms with Crippen molar-refractivity contribution < 1.29 is 4.42 Å². The normalized spacial score (nSPS) is 11.5. The highest BCUT2D eigenvalue weighted by Gasteiger charge is 2.15. The van der Waals surface area contributed by atoms with Crippen LogP contribution in [0.2, 0.25) is 0 Å². The molecule has 0 unspecified atom stereocenters. The van der Waals surface area contributed by atoms with Gasteiger partial charge in [0.1, 0.15) is 11.8 Å². The first-order valence-electron chi connectivity index (χ1n) is 8.46. The molecule has 0 bridgehead atoms. The van der Waals surface area contributed by atoms with Gasteiger partial charge in [-0.15, -0.1) is 0 Å². The van der Waals surface area contributed by atoms with Crippen LogP contribution in [0.15, 0.2) is 79.9 Å². The van der Waals surface area contributed by atoms with Gasteiger partial charge in [-0.3, -0.25) is 14.3 Å². The molecule has 4 aromatic rings. The van der Waals surface area contributed by atoms with Gasteiger partial charge in [0.2, 0.25) is 5.43 Å². The van der Waals surface area contributed by atoms with E-state index in [2.05, 4.69) is 4.99 Å². The van der Waals surface area contributed by atoms with E-state index in [1.165, 1.54) is 12.5 Å². The van der Waals surface area contributed by atoms with E-state index in [1.54, 1.807) is 40.7 Å². The molecule has 4 rings (SSSR count). The summed E-state index contributed by atoms with van der Waals surface area (Å²) < 4.78 is 8.78. The molecule has 0 fully saturated rings. The standard InChI is InChI=1S/C21H17N3O3/c1-14-19(21(26)24(23(14)2)16-8-4-3-5-9-16)22-12-15-13-27-18-11-7-6-10-17(18)20(15)25/h3-13H,1-2H3. The topological polar surface area (TPSA) is 69.5 Å². The lowest BCUT2D eigenvalue weighted by Crippen LogP contribution is -2.19. The van der Waals surface area contributed by atoms with E-state index < -0.39 is 0 Å². The zero-order valence-electron chi connectivity index (χ0n) is 14.9. The number of para-hydroxylation sites is 2. The maximum atomic E-state index is 12.9. The third-order valence-corrected chi connectivity index (χ3v) is 4.56. The van der Waals surface area contributed by atoms with Gasteiger partial charge >= 0.3 is 0 Å². The highest BCUT2D eigenvalue weighted by Crippen LogP contribution is 2.17. The molecule has 2 aromatic carbocycles. The molecule has 0 spiro atoms. The van der Waals surface area contributed by atoms with Crippen molar-refractivity contribution in [2.45, 2.75) is 6.92 Å². The lowest BCUT2D eigenvalue weighted by Gasteiger charge is -2.07. The van der Waals surface area contributed by atoms with Crippen LogP contribution in [0.5, 0.6) is 0 Å². The van der Waals surface area contributed by atoms with Gasteiger partial charge in [-0.25, -0.2) is 9.67 Å². The third kappa shape index (κ3) is 2.81. The summed E-state index contributed by atoms with van der Waals surface area (Å²) in [6.45, 7) is 1.82. The van der Waals surface area contributed by atoms with Gasteiger partial charge in [0.25, 0.3) is 5.56 Å². The van der Waals surface area contributed by atoms with E-state index in [0.29, 0.717) is 22.2 Å². The van der Waals surface area contributed by atoms with Gasteiger partial charge in [0, 0.05) is 13.3 Å². The fraction of sp³-hybridized carbons (Fsp3) is 0.0952. The predicted octanol–water partition coefficient (Wildman–Crippen LogP) is 3.34. The molecule has 0 atom stereocenters. The lowest BCUT2D eigenvalue weighted by molar-refractivity contribution is 0.601. The molecule has 2 aromatic heterocycles. The zero-order chi connectivity index (χ0) is 19.0. The fourth-order valence-electron chi connectivity index (χ4n) is 3.02. The Bertz CT molecular complexity index is 1280. The van der Waals surface area contributed by atoms with Crippen molar-refractivity contribution in [3.05, 3.63) is 92.7 Å². The molecular formula is C21H17N3O3. The minimum Gasteiger partial charge on any atom is -0.463 e. The zero-order valence-corrected chi connectivity index (χ0v) is 14.9. The largest absolute Gasteiger partial charge is 0.463 e. The third-order valence-electron chi connectivity index (χ3n) is 4.56. The predicted molar refractivity (Wildman–Crippen MR) is 105 cm³/mol. The monoisotopic (exact) mass is 359 g/mol. The molecule has 2 heterocycles. The van der Waals surface area contributed by atoms with Crippen LogP contribution in [0.25, 0.3) is 16.7 Å². The Balaban J connectivity index is 1.81. The number of nitrogens with zero attached hydrogens (tertiary/aromatic N) is 3. The quantitative estimate of drug-likeness (QED) is 0.527. The second-order valence-corrected chi connectivity index (χ2v) is 6.18. The minimum absolute atomic E-state index is 0.183. The van der Waals surface area contributed by atoms with Crippen molar-refractivity contribution in [1.29, 1.82) is 0 Å². The van der Waals surface area contributed by atoms with Crippen molar-refractivity contribution in [2.24, 2.45) is 12.0 Å². The first kappa shape index (κ1) is 16.8. The number of aliphatic imine (C=N–C) groups is 1. The van der Waals surface area contributed by atoms with E-state index in [4.69, 9.17) is 4.42 Å². The molecule has 0 aliphatic carbocycles. The summed E-state index contributed by atoms with van der Waals surface area (Å²) in [6, 6.07) is 16.4. The molecule has 134 valence electrons. The molecule has 27 heavy (non-hydrogen) atoms. The number of hydrogen-bond donors (Lipinski definition) is 0. The van der Waals surface area contributed by atoms with E-state index >= 15 is 0 Å². The first-order chi connectivity index (χ1) is 13.1. The number of benzene rings is 2. The van der Waals surface area contributed by atoms with Crippen LogP contribution < -0.4 is 11.0 Å². The van der Waals surface area contributed by atoms with E-state index in [1.807, 2.05) is 37.3 Å². The van der Waals surface area contributed by atoms with Crippen LogP contribution in [0.1, 0.15) is 11.3 Å². The summed E-state index contributed by atoms with van der Waals surface area (Å²) in [7, 11) is 1.80. The van der Waals surface area contributed by atoms with E-state index in [-0.39, 0.29) is 16.7 Å². The first-order valence-corrected chi connectivity index (χ1v) is 8.46. The van der Waals surface area contributed by atoms with Crippen molar-refractivity contribution in [1.82, 2.24) is 9.36 Å². The summed E-state index contributed by atoms with van der Waals surface area (Å²) in [6.07, 6.45) is 2.75. The van der Waals surface area contributed by atoms with E-state index in [0.717, 1.165) is 5.69 Å². The van der Waals surface area contributed by atoms with Crippen LogP contribution in [0.4, 0.5) is 5.69 Å². The molecule has 0 radical (unpaired) electrons. The van der Waals surface area contributed by atoms with Crippen LogP contribution in [0.3, 0.4) is 0 Å². The van der Waals surface area contributed by atoms with Gasteiger partial charge in [-0.2, -0.15) is 0 Å². The Morgan fingerprint density at radius 3 is 2.48 bits per heavy atom. The molecule has 0 aliphatic rings. The van der Waals surface area contributed by atoms with Crippen molar-refractivity contribution in [3.63, 3.8) is 0 Å². The number of hydrogen-bond acceptors (Lipinski definition) is 4. The fourth-order valence-corrected chi connectivity index (χ4v) is 3.02. The Morgan fingerprint density at radius 2 is 1.70 bits per heavy atom. The van der Waals surface area contributed by atoms with Gasteiger partial charge < -0.3 is 4.42 Å². The highest BCUT2D eigenvalue weighted by molar-refractivity contribution is 5.87. The lowest BCUT2D eigenvalue weighted by atomic mass is 10.2. The Labute approximate surface area is 154 Å². The average Bonchev–Trinajstić information content (AvgIpc) is 2.91. The van der Waals surface area contributed by atoms with Crippen molar-refractivity contribution in [3.8, 4) is 5.69 Å². The molecule has 0 aliphatic heterocycles. The molecule has 0 amide bonds. The smallest absolute Gasteiger partial charge is 0.297 e. The summed E-state index contributed by atoms with van der Waals surface area (Å²) in [5.41, 5.74) is 2.11. The van der Waals surface area contributed by atoms with Crippen LogP contribution >= 0.6 is 0 Å². The number of rotatable bonds is 3. The molecule has 0 saturated heterocycles. The van der Waals surface area contributed by atoms with E-state index in [9.17, 15) is 9.59 Å². The average molecular weight is 359 g/mol. The van der Waals surface area contributed by atoms with Crippen LogP contribution in [-0.2, 0) is 7.05 Å².